The van der Waals surface area contributed by atoms with Crippen LogP contribution in [0, 0.1) is 5.41 Å². The molecule has 0 aliphatic carbocycles. The minimum absolute atomic E-state index is 0.392. The number of nitrogens with one attached hydrogen (secondary N) is 2. The number of hydroxylamine groups is 1. The molecular weight excluding hydrogens is 140 g/mol. The number of benzene rings is 1. The van der Waals surface area contributed by atoms with Crippen LogP contribution in [0.15, 0.2) is 30.3 Å². The van der Waals surface area contributed by atoms with E-state index in [4.69, 9.17) is 10.6 Å². The van der Waals surface area contributed by atoms with E-state index in [0.717, 1.165) is 11.8 Å². The Bertz CT molecular complexity index is 223. The third-order valence-corrected chi connectivity index (χ3v) is 1.46. The van der Waals surface area contributed by atoms with Gasteiger partial charge in [0.2, 0.25) is 0 Å². The molecule has 0 heterocycles. The lowest BCUT2D eigenvalue weighted by Gasteiger charge is -2.07. The van der Waals surface area contributed by atoms with E-state index in [1.54, 1.807) is 0 Å². The standard InChI is InChI=1S/C8H10N2O/c9-6-8(10-11)7-4-2-1-3-5-7/h1-6,8-11H. The molecule has 0 aliphatic heterocycles. The van der Waals surface area contributed by atoms with Crippen LogP contribution in [0.5, 0.6) is 0 Å². The van der Waals surface area contributed by atoms with Crippen molar-refractivity contribution in [2.45, 2.75) is 6.04 Å². The van der Waals surface area contributed by atoms with Crippen LogP contribution in [0.2, 0.25) is 0 Å². The van der Waals surface area contributed by atoms with Gasteiger partial charge in [-0.3, -0.25) is 0 Å². The third kappa shape index (κ3) is 1.86. The predicted octanol–water partition coefficient (Wildman–Crippen LogP) is 1.36. The Labute approximate surface area is 65.1 Å². The van der Waals surface area contributed by atoms with Crippen molar-refractivity contribution < 1.29 is 5.21 Å². The maximum absolute atomic E-state index is 8.58. The number of hydrogen-bond donors (Lipinski definition) is 3. The Balaban J connectivity index is 2.82. The van der Waals surface area contributed by atoms with Gasteiger partial charge in [-0.15, -0.1) is 0 Å². The number of rotatable bonds is 3. The normalized spacial score (nSPS) is 12.5. The molecule has 3 heteroatoms. The van der Waals surface area contributed by atoms with Crippen molar-refractivity contribution in [1.82, 2.24) is 5.48 Å². The van der Waals surface area contributed by atoms with Crippen molar-refractivity contribution in [2.24, 2.45) is 0 Å². The van der Waals surface area contributed by atoms with Crippen molar-refractivity contribution in [3.63, 3.8) is 0 Å². The summed E-state index contributed by atoms with van der Waals surface area (Å²) in [6.45, 7) is 0. The van der Waals surface area contributed by atoms with Gasteiger partial charge >= 0.3 is 0 Å². The van der Waals surface area contributed by atoms with Gasteiger partial charge in [-0.05, 0) is 5.56 Å². The lowest BCUT2D eigenvalue weighted by atomic mass is 10.1. The summed E-state index contributed by atoms with van der Waals surface area (Å²) in [5, 5.41) is 15.5. The van der Waals surface area contributed by atoms with Gasteiger partial charge in [0.15, 0.2) is 0 Å². The van der Waals surface area contributed by atoms with Crippen LogP contribution in [0.3, 0.4) is 0 Å². The Morgan fingerprint density at radius 1 is 1.36 bits per heavy atom. The Morgan fingerprint density at radius 3 is 2.45 bits per heavy atom. The van der Waals surface area contributed by atoms with Gasteiger partial charge in [0, 0.05) is 6.21 Å². The zero-order valence-corrected chi connectivity index (χ0v) is 5.99. The first kappa shape index (κ1) is 7.91. The Kier molecular flexibility index (Phi) is 2.77. The summed E-state index contributed by atoms with van der Waals surface area (Å²) in [5.74, 6) is 0. The highest BCUT2D eigenvalue weighted by molar-refractivity contribution is 5.63. The van der Waals surface area contributed by atoms with E-state index in [1.165, 1.54) is 0 Å². The SMILES string of the molecule is N=CC(NO)c1ccccc1. The van der Waals surface area contributed by atoms with E-state index in [0.29, 0.717) is 0 Å². The quantitative estimate of drug-likeness (QED) is 0.450. The molecule has 3 N–H and O–H groups in total. The van der Waals surface area contributed by atoms with E-state index in [9.17, 15) is 0 Å². The molecule has 0 bridgehead atoms. The highest BCUT2D eigenvalue weighted by Crippen LogP contribution is 2.07. The first-order valence-electron chi connectivity index (χ1n) is 3.33. The van der Waals surface area contributed by atoms with Gasteiger partial charge in [0.05, 0.1) is 6.04 Å². The van der Waals surface area contributed by atoms with Crippen LogP contribution in [0.1, 0.15) is 11.6 Å². The van der Waals surface area contributed by atoms with Crippen LogP contribution in [0.25, 0.3) is 0 Å². The van der Waals surface area contributed by atoms with Crippen LogP contribution in [-0.4, -0.2) is 11.4 Å². The first-order chi connectivity index (χ1) is 5.38. The molecule has 0 aromatic heterocycles. The van der Waals surface area contributed by atoms with Crippen molar-refractivity contribution in [3.05, 3.63) is 35.9 Å². The molecule has 0 amide bonds. The molecule has 1 aromatic rings. The predicted molar refractivity (Wildman–Crippen MR) is 42.9 cm³/mol. The molecule has 58 valence electrons. The van der Waals surface area contributed by atoms with Crippen LogP contribution >= 0.6 is 0 Å². The molecule has 0 saturated heterocycles. The van der Waals surface area contributed by atoms with E-state index >= 15 is 0 Å². The molecule has 1 atom stereocenters. The van der Waals surface area contributed by atoms with Crippen LogP contribution in [0.4, 0.5) is 0 Å². The van der Waals surface area contributed by atoms with E-state index in [-0.39, 0.29) is 0 Å². The highest BCUT2D eigenvalue weighted by atomic mass is 16.5. The first-order valence-corrected chi connectivity index (χ1v) is 3.33. The lowest BCUT2D eigenvalue weighted by molar-refractivity contribution is 0.151. The second-order valence-electron chi connectivity index (χ2n) is 2.18. The van der Waals surface area contributed by atoms with E-state index in [2.05, 4.69) is 0 Å². The molecule has 3 nitrogen and oxygen atoms in total. The molecular formula is C8H10N2O. The summed E-state index contributed by atoms with van der Waals surface area (Å²) in [6, 6.07) is 8.92. The van der Waals surface area contributed by atoms with Gasteiger partial charge in [0.25, 0.3) is 0 Å². The van der Waals surface area contributed by atoms with Crippen molar-refractivity contribution in [2.75, 3.05) is 0 Å². The summed E-state index contributed by atoms with van der Waals surface area (Å²) in [4.78, 5) is 0. The summed E-state index contributed by atoms with van der Waals surface area (Å²) in [6.07, 6.45) is 1.15. The second kappa shape index (κ2) is 3.85. The van der Waals surface area contributed by atoms with Gasteiger partial charge < -0.3 is 10.6 Å². The minimum Gasteiger partial charge on any atom is -0.316 e. The Hall–Kier alpha value is -1.19. The summed E-state index contributed by atoms with van der Waals surface area (Å²) in [7, 11) is 0. The molecule has 1 aromatic carbocycles. The van der Waals surface area contributed by atoms with Crippen LogP contribution in [-0.2, 0) is 0 Å². The van der Waals surface area contributed by atoms with E-state index < -0.39 is 6.04 Å². The molecule has 0 radical (unpaired) electrons. The topological polar surface area (TPSA) is 56.1 Å². The number of hydrogen-bond acceptors (Lipinski definition) is 3. The fourth-order valence-corrected chi connectivity index (χ4v) is 0.868. The second-order valence-corrected chi connectivity index (χ2v) is 2.18. The minimum atomic E-state index is -0.392. The zero-order chi connectivity index (χ0) is 8.10. The fourth-order valence-electron chi connectivity index (χ4n) is 0.868. The molecule has 1 rings (SSSR count). The average Bonchev–Trinajstić information content (AvgIpc) is 2.09. The summed E-state index contributed by atoms with van der Waals surface area (Å²) < 4.78 is 0. The van der Waals surface area contributed by atoms with Gasteiger partial charge in [-0.1, -0.05) is 30.3 Å². The van der Waals surface area contributed by atoms with Crippen molar-refractivity contribution in [3.8, 4) is 0 Å². The summed E-state index contributed by atoms with van der Waals surface area (Å²) >= 11 is 0. The van der Waals surface area contributed by atoms with Crippen molar-refractivity contribution in [1.29, 1.82) is 5.41 Å². The maximum atomic E-state index is 8.58. The average molecular weight is 150 g/mol. The Morgan fingerprint density at radius 2 is 2.00 bits per heavy atom. The molecule has 0 saturated carbocycles. The molecule has 1 unspecified atom stereocenters. The lowest BCUT2D eigenvalue weighted by Crippen LogP contribution is -2.17. The molecule has 0 aliphatic rings. The van der Waals surface area contributed by atoms with Gasteiger partial charge in [0.1, 0.15) is 0 Å². The zero-order valence-electron chi connectivity index (χ0n) is 5.99. The van der Waals surface area contributed by atoms with Gasteiger partial charge in [-0.2, -0.15) is 5.48 Å². The molecule has 0 fully saturated rings. The van der Waals surface area contributed by atoms with Gasteiger partial charge in [-0.25, -0.2) is 0 Å². The summed E-state index contributed by atoms with van der Waals surface area (Å²) in [5.41, 5.74) is 2.90. The largest absolute Gasteiger partial charge is 0.316 e. The van der Waals surface area contributed by atoms with Crippen molar-refractivity contribution >= 4 is 6.21 Å². The highest BCUT2D eigenvalue weighted by Gasteiger charge is 2.03. The van der Waals surface area contributed by atoms with E-state index in [1.807, 2.05) is 35.8 Å². The smallest absolute Gasteiger partial charge is 0.0913 e. The maximum Gasteiger partial charge on any atom is 0.0913 e. The van der Waals surface area contributed by atoms with Crippen LogP contribution < -0.4 is 5.48 Å². The fraction of sp³-hybridized carbons (Fsp3) is 0.125. The third-order valence-electron chi connectivity index (χ3n) is 1.46. The monoisotopic (exact) mass is 150 g/mol. The molecule has 11 heavy (non-hydrogen) atoms. The molecule has 0 spiro atoms.